The van der Waals surface area contributed by atoms with E-state index in [-0.39, 0.29) is 29.2 Å². The Balaban J connectivity index is 1.38. The van der Waals surface area contributed by atoms with E-state index >= 15 is 0 Å². The van der Waals surface area contributed by atoms with Gasteiger partial charge in [-0.3, -0.25) is 19.9 Å². The molecule has 0 bridgehead atoms. The van der Waals surface area contributed by atoms with E-state index in [1.54, 1.807) is 7.11 Å². The molecule has 2 aromatic carbocycles. The van der Waals surface area contributed by atoms with Crippen LogP contribution in [0.3, 0.4) is 0 Å². The summed E-state index contributed by atoms with van der Waals surface area (Å²) >= 11 is 0. The Kier molecular flexibility index (Phi) is 6.37. The Morgan fingerprint density at radius 2 is 2.03 bits per heavy atom. The van der Waals surface area contributed by atoms with Gasteiger partial charge in [-0.2, -0.15) is 0 Å². The van der Waals surface area contributed by atoms with E-state index in [4.69, 9.17) is 10.1 Å². The first-order valence-corrected chi connectivity index (χ1v) is 13.0. The average molecular weight is 489 g/mol. The molecule has 36 heavy (non-hydrogen) atoms. The number of carbonyl (C=O) groups excluding carboxylic acids is 2. The zero-order valence-corrected chi connectivity index (χ0v) is 21.4. The minimum absolute atomic E-state index is 0.0110. The first-order chi connectivity index (χ1) is 17.3. The van der Waals surface area contributed by atoms with Crippen molar-refractivity contribution < 1.29 is 14.3 Å². The van der Waals surface area contributed by atoms with Gasteiger partial charge in [0.2, 0.25) is 5.91 Å². The van der Waals surface area contributed by atoms with Crippen LogP contribution >= 0.6 is 0 Å². The monoisotopic (exact) mass is 488 g/mol. The van der Waals surface area contributed by atoms with Crippen LogP contribution in [-0.4, -0.2) is 41.9 Å². The minimum atomic E-state index is -0.422. The number of guanidine groups is 1. The van der Waals surface area contributed by atoms with Gasteiger partial charge in [-0.1, -0.05) is 43.3 Å². The van der Waals surface area contributed by atoms with Crippen molar-refractivity contribution in [2.24, 2.45) is 0 Å². The van der Waals surface area contributed by atoms with E-state index in [1.165, 1.54) is 28.9 Å². The highest BCUT2D eigenvalue weighted by Crippen LogP contribution is 2.59. The molecule has 1 heterocycles. The third-order valence-corrected chi connectivity index (χ3v) is 8.35. The number of rotatable bonds is 8. The second-order valence-corrected chi connectivity index (χ2v) is 10.8. The maximum atomic E-state index is 13.4. The van der Waals surface area contributed by atoms with Crippen molar-refractivity contribution in [3.63, 3.8) is 0 Å². The van der Waals surface area contributed by atoms with E-state index in [1.807, 2.05) is 44.2 Å². The standard InChI is InChI=1S/C29H36N4O3/c1-4-28(2)18-25(34)33(27(30)32-28)24(12-15-36-3)19-8-7-9-20(16-19)26(35)31-23-17-29(13-14-29)22-11-6-5-10-21(22)23/h5-11,16,23-24H,4,12-15,17-18H2,1-3H3,(H2,30,32)(H,31,35)/t23-,24+,28?/m0/s1. The lowest BCUT2D eigenvalue weighted by Gasteiger charge is -2.43. The number of nitrogens with zero attached hydrogens (tertiary/aromatic N) is 1. The molecule has 1 aliphatic heterocycles. The number of fused-ring (bicyclic) bond motifs is 2. The van der Waals surface area contributed by atoms with Gasteiger partial charge in [0.1, 0.15) is 0 Å². The fourth-order valence-corrected chi connectivity index (χ4v) is 5.93. The summed E-state index contributed by atoms with van der Waals surface area (Å²) < 4.78 is 5.33. The van der Waals surface area contributed by atoms with Gasteiger partial charge in [-0.25, -0.2) is 0 Å². The van der Waals surface area contributed by atoms with Gasteiger partial charge in [-0.05, 0) is 73.3 Å². The van der Waals surface area contributed by atoms with Gasteiger partial charge in [0.15, 0.2) is 5.96 Å². The molecule has 2 aliphatic carbocycles. The van der Waals surface area contributed by atoms with E-state index in [9.17, 15) is 9.59 Å². The fraction of sp³-hybridized carbons (Fsp3) is 0.483. The fourth-order valence-electron chi connectivity index (χ4n) is 5.93. The number of hydrogen-bond acceptors (Lipinski definition) is 4. The summed E-state index contributed by atoms with van der Waals surface area (Å²) in [7, 11) is 1.63. The predicted molar refractivity (Wildman–Crippen MR) is 139 cm³/mol. The third kappa shape index (κ3) is 4.41. The largest absolute Gasteiger partial charge is 0.385 e. The van der Waals surface area contributed by atoms with Crippen LogP contribution in [0, 0.1) is 5.41 Å². The third-order valence-electron chi connectivity index (χ3n) is 8.35. The molecule has 3 N–H and O–H groups in total. The van der Waals surface area contributed by atoms with Gasteiger partial charge in [0.25, 0.3) is 5.91 Å². The predicted octanol–water partition coefficient (Wildman–Crippen LogP) is 4.60. The smallest absolute Gasteiger partial charge is 0.251 e. The van der Waals surface area contributed by atoms with Crippen LogP contribution in [0.5, 0.6) is 0 Å². The molecule has 1 spiro atoms. The first-order valence-electron chi connectivity index (χ1n) is 13.0. The van der Waals surface area contributed by atoms with Crippen molar-refractivity contribution in [1.29, 1.82) is 5.41 Å². The van der Waals surface area contributed by atoms with Crippen LogP contribution in [0.2, 0.25) is 0 Å². The number of methoxy groups -OCH3 is 1. The van der Waals surface area contributed by atoms with Crippen LogP contribution in [0.4, 0.5) is 0 Å². The molecule has 190 valence electrons. The Labute approximate surface area is 213 Å². The number of amides is 2. The van der Waals surface area contributed by atoms with Crippen molar-refractivity contribution in [2.45, 2.75) is 75.4 Å². The van der Waals surface area contributed by atoms with Crippen LogP contribution in [0.15, 0.2) is 48.5 Å². The number of nitrogens with one attached hydrogen (secondary N) is 3. The topological polar surface area (TPSA) is 94.5 Å². The maximum Gasteiger partial charge on any atom is 0.251 e. The summed E-state index contributed by atoms with van der Waals surface area (Å²) in [5.74, 6) is -0.100. The van der Waals surface area contributed by atoms with Crippen LogP contribution in [0.1, 0.15) is 91.5 Å². The molecule has 5 rings (SSSR count). The van der Waals surface area contributed by atoms with Crippen molar-refractivity contribution in [3.05, 3.63) is 70.8 Å². The quantitative estimate of drug-likeness (QED) is 0.506. The molecule has 1 unspecified atom stereocenters. The van der Waals surface area contributed by atoms with Gasteiger partial charge >= 0.3 is 0 Å². The SMILES string of the molecule is CCC1(C)CC(=O)N([C@H](CCOC)c2cccc(C(=O)N[C@H]3CC4(CC4)c4ccccc43)c2)C(=N)N1. The summed E-state index contributed by atoms with van der Waals surface area (Å²) in [6, 6.07) is 15.5. The van der Waals surface area contributed by atoms with Crippen LogP contribution in [-0.2, 0) is 14.9 Å². The molecule has 2 fully saturated rings. The molecule has 2 aromatic rings. The molecule has 0 radical (unpaired) electrons. The highest BCUT2D eigenvalue weighted by atomic mass is 16.5. The Morgan fingerprint density at radius 3 is 2.72 bits per heavy atom. The molecular formula is C29H36N4O3. The van der Waals surface area contributed by atoms with Crippen molar-refractivity contribution in [2.75, 3.05) is 13.7 Å². The number of hydrogen-bond donors (Lipinski definition) is 3. The Bertz CT molecular complexity index is 1170. The Morgan fingerprint density at radius 1 is 1.25 bits per heavy atom. The van der Waals surface area contributed by atoms with Crippen molar-refractivity contribution in [3.8, 4) is 0 Å². The van der Waals surface area contributed by atoms with Gasteiger partial charge < -0.3 is 15.4 Å². The van der Waals surface area contributed by atoms with Gasteiger partial charge in [-0.15, -0.1) is 0 Å². The second kappa shape index (κ2) is 9.36. The summed E-state index contributed by atoms with van der Waals surface area (Å²) in [5, 5.41) is 15.1. The van der Waals surface area contributed by atoms with Gasteiger partial charge in [0, 0.05) is 24.8 Å². The highest BCUT2D eigenvalue weighted by molar-refractivity contribution is 6.00. The van der Waals surface area contributed by atoms with E-state index in [0.29, 0.717) is 25.0 Å². The lowest BCUT2D eigenvalue weighted by Crippen LogP contribution is -2.61. The molecule has 7 heteroatoms. The zero-order chi connectivity index (χ0) is 25.5. The number of carbonyl (C=O) groups is 2. The summed E-state index contributed by atoms with van der Waals surface area (Å²) in [6.07, 6.45) is 4.92. The number of benzene rings is 2. The van der Waals surface area contributed by atoms with Crippen LogP contribution in [0.25, 0.3) is 0 Å². The normalized spacial score (nSPS) is 24.9. The van der Waals surface area contributed by atoms with Crippen molar-refractivity contribution in [1.82, 2.24) is 15.5 Å². The zero-order valence-electron chi connectivity index (χ0n) is 21.4. The van der Waals surface area contributed by atoms with Gasteiger partial charge in [0.05, 0.1) is 18.5 Å². The lowest BCUT2D eigenvalue weighted by atomic mass is 9.90. The first kappa shape index (κ1) is 24.5. The molecule has 1 saturated carbocycles. The van der Waals surface area contributed by atoms with E-state index in [0.717, 1.165) is 18.4 Å². The van der Waals surface area contributed by atoms with E-state index in [2.05, 4.69) is 28.8 Å². The summed E-state index contributed by atoms with van der Waals surface area (Å²) in [4.78, 5) is 28.1. The van der Waals surface area contributed by atoms with Crippen molar-refractivity contribution >= 4 is 17.8 Å². The maximum absolute atomic E-state index is 13.4. The summed E-state index contributed by atoms with van der Waals surface area (Å²) in [5.41, 5.74) is 3.83. The average Bonchev–Trinajstić information content (AvgIpc) is 3.58. The molecule has 2 amide bonds. The summed E-state index contributed by atoms with van der Waals surface area (Å²) in [6.45, 7) is 4.42. The lowest BCUT2D eigenvalue weighted by molar-refractivity contribution is -0.132. The van der Waals surface area contributed by atoms with E-state index < -0.39 is 11.6 Å². The van der Waals surface area contributed by atoms with Crippen LogP contribution < -0.4 is 10.6 Å². The Hall–Kier alpha value is -3.19. The number of ether oxygens (including phenoxy) is 1. The highest BCUT2D eigenvalue weighted by Gasteiger charge is 2.52. The minimum Gasteiger partial charge on any atom is -0.385 e. The molecule has 0 aromatic heterocycles. The molecule has 1 saturated heterocycles. The molecular weight excluding hydrogens is 452 g/mol. The molecule has 3 atom stereocenters. The molecule has 7 nitrogen and oxygen atoms in total. The molecule has 3 aliphatic rings. The second-order valence-electron chi connectivity index (χ2n) is 10.8.